The molecule has 0 aliphatic rings. The zero-order valence-electron chi connectivity index (χ0n) is 44.9. The molecule has 0 aliphatic carbocycles. The molecule has 2 heteroatoms. The highest BCUT2D eigenvalue weighted by Crippen LogP contribution is 2.48. The lowest BCUT2D eigenvalue weighted by molar-refractivity contribution is 0.812. The van der Waals surface area contributed by atoms with Crippen LogP contribution in [0.4, 0.5) is 0 Å². The molecule has 0 radical (unpaired) electrons. The molecule has 0 aliphatic heterocycles. The number of benzene rings is 14. The number of rotatable bonds is 10. The van der Waals surface area contributed by atoms with E-state index in [1.165, 1.54) is 150 Å². The van der Waals surface area contributed by atoms with Crippen LogP contribution in [0.5, 0.6) is 0 Å². The van der Waals surface area contributed by atoms with Gasteiger partial charge >= 0.3 is 0 Å². The van der Waals surface area contributed by atoms with E-state index in [0.29, 0.717) is 0 Å². The van der Waals surface area contributed by atoms with E-state index >= 15 is 0 Å². The number of imidazole rings is 1. The van der Waals surface area contributed by atoms with Gasteiger partial charge in [-0.25, -0.2) is 4.98 Å². The number of nitrogens with zero attached hydrogens (tertiary/aromatic N) is 2. The summed E-state index contributed by atoms with van der Waals surface area (Å²) in [6.45, 7) is 4.46. The van der Waals surface area contributed by atoms with E-state index in [4.69, 9.17) is 4.98 Å². The Labute approximate surface area is 466 Å². The number of unbranched alkanes of at least 4 members (excludes halogenated alkanes) is 2. The lowest BCUT2D eigenvalue weighted by Crippen LogP contribution is -1.98. The molecule has 0 atom stereocenters. The summed E-state index contributed by atoms with van der Waals surface area (Å²) in [5.41, 5.74) is 16.7. The average Bonchev–Trinajstić information content (AvgIpc) is 3.99. The van der Waals surface area contributed by atoms with Gasteiger partial charge in [0.1, 0.15) is 5.82 Å². The smallest absolute Gasteiger partial charge is 0.145 e. The molecule has 0 bridgehead atoms. The number of fused-ring (bicyclic) bond motifs is 8. The molecule has 0 saturated heterocycles. The first kappa shape index (κ1) is 47.3. The lowest BCUT2D eigenvalue weighted by Gasteiger charge is -2.19. The third-order valence-corrected chi connectivity index (χ3v) is 16.8. The molecule has 80 heavy (non-hydrogen) atoms. The van der Waals surface area contributed by atoms with Gasteiger partial charge in [0.2, 0.25) is 0 Å². The van der Waals surface area contributed by atoms with E-state index in [1.807, 2.05) is 0 Å². The molecular weight excluding hydrogens is 965 g/mol. The van der Waals surface area contributed by atoms with Gasteiger partial charge in [-0.15, -0.1) is 0 Å². The van der Waals surface area contributed by atoms with Crippen LogP contribution in [0.15, 0.2) is 267 Å². The fourth-order valence-corrected chi connectivity index (χ4v) is 13.0. The van der Waals surface area contributed by atoms with E-state index in [2.05, 4.69) is 285 Å². The fourth-order valence-electron chi connectivity index (χ4n) is 13.0. The summed E-state index contributed by atoms with van der Waals surface area (Å²) in [6.07, 6.45) is 5.76. The standard InChI is InChI=1S/C78H56N2/c1-3-4-5-18-50(2)80-73-30-17-16-29-72(73)79-78(80)54-35-33-53(34-36-54)74-64-23-10-12-25-66(64)75(67-26-13-11-24-65(67)74)62-42-39-57-45-58(37-38-59(57)48-62)60-43-44-70-71(49-60)77(63-41-32-52-20-7-9-22-56(52)47-63)69-28-15-14-27-68(69)76(70)61-40-31-51-19-6-8-21-55(51)46-61/h6-49H,3-5H2,1-2H3/b50-18+. The maximum Gasteiger partial charge on any atom is 0.145 e. The van der Waals surface area contributed by atoms with Crippen molar-refractivity contribution in [3.63, 3.8) is 0 Å². The first-order chi connectivity index (χ1) is 39.5. The van der Waals surface area contributed by atoms with Crippen molar-refractivity contribution in [2.24, 2.45) is 0 Å². The third kappa shape index (κ3) is 7.98. The maximum atomic E-state index is 5.20. The van der Waals surface area contributed by atoms with Gasteiger partial charge in [-0.05, 0) is 187 Å². The molecule has 15 rings (SSSR count). The molecule has 0 saturated carbocycles. The number of hydrogen-bond donors (Lipinski definition) is 0. The van der Waals surface area contributed by atoms with Crippen LogP contribution in [0.2, 0.25) is 0 Å². The highest BCUT2D eigenvalue weighted by Gasteiger charge is 2.21. The SMILES string of the molecule is CCCC/C=C(\C)n1c(-c2ccc(-c3c4ccccc4c(-c4ccc5cc(-c6ccc7c(-c8ccc9ccccc9c8)c8ccccc8c(-c8ccc9ccccc9c8)c7c6)ccc5c4)c4ccccc34)cc2)nc2ccccc21. The van der Waals surface area contributed by atoms with Crippen molar-refractivity contribution in [2.75, 3.05) is 0 Å². The second-order valence-corrected chi connectivity index (χ2v) is 21.6. The van der Waals surface area contributed by atoms with Crippen molar-refractivity contribution in [2.45, 2.75) is 33.1 Å². The Balaban J connectivity index is 0.840. The van der Waals surface area contributed by atoms with Crippen molar-refractivity contribution in [3.8, 4) is 67.0 Å². The molecule has 14 aromatic carbocycles. The highest BCUT2D eigenvalue weighted by molar-refractivity contribution is 6.24. The van der Waals surface area contributed by atoms with Gasteiger partial charge < -0.3 is 0 Å². The Bertz CT molecular complexity index is 4940. The maximum absolute atomic E-state index is 5.20. The van der Waals surface area contributed by atoms with E-state index in [1.54, 1.807) is 0 Å². The average molecular weight is 1020 g/mol. The van der Waals surface area contributed by atoms with Crippen LogP contribution < -0.4 is 0 Å². The Morgan fingerprint density at radius 3 is 1.24 bits per heavy atom. The molecular formula is C78H56N2. The predicted molar refractivity (Wildman–Crippen MR) is 344 cm³/mol. The van der Waals surface area contributed by atoms with E-state index < -0.39 is 0 Å². The molecule has 1 heterocycles. The van der Waals surface area contributed by atoms with Gasteiger partial charge in [-0.3, -0.25) is 4.57 Å². The first-order valence-corrected chi connectivity index (χ1v) is 28.2. The van der Waals surface area contributed by atoms with Gasteiger partial charge in [0.15, 0.2) is 0 Å². The first-order valence-electron chi connectivity index (χ1n) is 28.2. The van der Waals surface area contributed by atoms with Crippen molar-refractivity contribution in [1.29, 1.82) is 0 Å². The largest absolute Gasteiger partial charge is 0.297 e. The summed E-state index contributed by atoms with van der Waals surface area (Å²) >= 11 is 0. The quantitative estimate of drug-likeness (QED) is 0.0986. The Hall–Kier alpha value is -9.89. The summed E-state index contributed by atoms with van der Waals surface area (Å²) in [4.78, 5) is 5.20. The van der Waals surface area contributed by atoms with Gasteiger partial charge in [-0.1, -0.05) is 244 Å². The number of allylic oxidation sites excluding steroid dienone is 2. The Kier molecular flexibility index (Phi) is 11.6. The van der Waals surface area contributed by atoms with Gasteiger partial charge in [-0.2, -0.15) is 0 Å². The van der Waals surface area contributed by atoms with E-state index in [-0.39, 0.29) is 0 Å². The van der Waals surface area contributed by atoms with Gasteiger partial charge in [0.25, 0.3) is 0 Å². The van der Waals surface area contributed by atoms with Crippen molar-refractivity contribution < 1.29 is 0 Å². The Morgan fingerprint density at radius 1 is 0.338 bits per heavy atom. The van der Waals surface area contributed by atoms with E-state index in [0.717, 1.165) is 28.8 Å². The molecule has 378 valence electrons. The third-order valence-electron chi connectivity index (χ3n) is 16.8. The predicted octanol–water partition coefficient (Wildman–Crippen LogP) is 22.2. The van der Waals surface area contributed by atoms with E-state index in [9.17, 15) is 0 Å². The molecule has 2 nitrogen and oxygen atoms in total. The zero-order chi connectivity index (χ0) is 53.3. The minimum absolute atomic E-state index is 0.972. The molecule has 0 unspecified atom stereocenters. The second kappa shape index (κ2) is 19.5. The Morgan fingerprint density at radius 2 is 0.700 bits per heavy atom. The van der Waals surface area contributed by atoms with Crippen molar-refractivity contribution >= 4 is 92.1 Å². The van der Waals surface area contributed by atoms with Gasteiger partial charge in [0.05, 0.1) is 11.0 Å². The molecule has 0 amide bonds. The summed E-state index contributed by atoms with van der Waals surface area (Å²) < 4.78 is 2.33. The fraction of sp³-hybridized carbons (Fsp3) is 0.0641. The van der Waals surface area contributed by atoms with Crippen molar-refractivity contribution in [3.05, 3.63) is 267 Å². The number of hydrogen-bond acceptors (Lipinski definition) is 1. The van der Waals surface area contributed by atoms with Crippen molar-refractivity contribution in [1.82, 2.24) is 9.55 Å². The molecule has 0 spiro atoms. The highest BCUT2D eigenvalue weighted by atomic mass is 15.1. The number of para-hydroxylation sites is 2. The summed E-state index contributed by atoms with van der Waals surface area (Å²) in [5.74, 6) is 0.972. The van der Waals surface area contributed by atoms with Crippen LogP contribution in [-0.2, 0) is 0 Å². The molecule has 1 aromatic heterocycles. The molecule has 0 fully saturated rings. The molecule has 0 N–H and O–H groups in total. The normalized spacial score (nSPS) is 12.1. The van der Waals surface area contributed by atoms with Crippen LogP contribution in [0.25, 0.3) is 159 Å². The monoisotopic (exact) mass is 1020 g/mol. The minimum atomic E-state index is 0.972. The van der Waals surface area contributed by atoms with Crippen LogP contribution in [0.3, 0.4) is 0 Å². The van der Waals surface area contributed by atoms with Crippen LogP contribution in [-0.4, -0.2) is 9.55 Å². The lowest BCUT2D eigenvalue weighted by atomic mass is 9.84. The summed E-state index contributed by atoms with van der Waals surface area (Å²) in [6, 6.07) is 97.0. The van der Waals surface area contributed by atoms with Crippen LogP contribution in [0.1, 0.15) is 33.1 Å². The number of aromatic nitrogens is 2. The zero-order valence-corrected chi connectivity index (χ0v) is 44.9. The van der Waals surface area contributed by atoms with Gasteiger partial charge in [0, 0.05) is 11.3 Å². The van der Waals surface area contributed by atoms with Crippen LogP contribution in [0, 0.1) is 0 Å². The second-order valence-electron chi connectivity index (χ2n) is 21.6. The minimum Gasteiger partial charge on any atom is -0.297 e. The summed E-state index contributed by atoms with van der Waals surface area (Å²) in [7, 11) is 0. The van der Waals surface area contributed by atoms with Crippen LogP contribution >= 0.6 is 0 Å². The summed E-state index contributed by atoms with van der Waals surface area (Å²) in [5, 5.41) is 17.4. The molecule has 15 aromatic rings. The topological polar surface area (TPSA) is 17.8 Å².